The van der Waals surface area contributed by atoms with E-state index in [9.17, 15) is 0 Å². The van der Waals surface area contributed by atoms with Crippen LogP contribution in [0.15, 0.2) is 36.0 Å². The highest BCUT2D eigenvalue weighted by atomic mass is 32.1. The van der Waals surface area contributed by atoms with Crippen LogP contribution in [0.4, 0.5) is 0 Å². The predicted octanol–water partition coefficient (Wildman–Crippen LogP) is 2.78. The molecule has 0 aliphatic rings. The normalized spacial score (nSPS) is 11.1. The monoisotopic (exact) mass is 287 g/mol. The molecule has 0 atom stereocenters. The number of imidazole rings is 1. The minimum Gasteiger partial charge on any atom is -0.487 e. The number of ether oxygens (including phenoxy) is 1. The van der Waals surface area contributed by atoms with Gasteiger partial charge in [0.25, 0.3) is 0 Å². The number of fused-ring (bicyclic) bond motifs is 1. The summed E-state index contributed by atoms with van der Waals surface area (Å²) in [4.78, 5) is 5.52. The highest BCUT2D eigenvalue weighted by molar-refractivity contribution is 7.15. The van der Waals surface area contributed by atoms with Crippen LogP contribution >= 0.6 is 11.3 Å². The highest BCUT2D eigenvalue weighted by Gasteiger charge is 2.08. The number of aromatic nitrogens is 2. The Hall–Kier alpha value is -1.85. The molecule has 3 rings (SSSR count). The van der Waals surface area contributed by atoms with Gasteiger partial charge < -0.3 is 10.5 Å². The van der Waals surface area contributed by atoms with Crippen molar-refractivity contribution >= 4 is 16.3 Å². The van der Waals surface area contributed by atoms with Gasteiger partial charge in [-0.2, -0.15) is 0 Å². The number of nitrogens with zero attached hydrogens (tertiary/aromatic N) is 2. The van der Waals surface area contributed by atoms with Crippen LogP contribution in [0.3, 0.4) is 0 Å². The molecule has 3 aromatic rings. The van der Waals surface area contributed by atoms with Crippen molar-refractivity contribution in [2.75, 3.05) is 6.54 Å². The Bertz CT molecular complexity index is 688. The number of thiazole rings is 1. The van der Waals surface area contributed by atoms with Crippen molar-refractivity contribution in [3.05, 3.63) is 52.8 Å². The van der Waals surface area contributed by atoms with Gasteiger partial charge in [-0.3, -0.25) is 4.40 Å². The summed E-state index contributed by atoms with van der Waals surface area (Å²) < 4.78 is 7.99. The van der Waals surface area contributed by atoms with E-state index in [0.29, 0.717) is 13.2 Å². The minimum absolute atomic E-state index is 0.483. The first-order valence-electron chi connectivity index (χ1n) is 6.60. The first-order valence-corrected chi connectivity index (χ1v) is 7.48. The quantitative estimate of drug-likeness (QED) is 0.785. The third kappa shape index (κ3) is 2.55. The number of para-hydroxylation sites is 1. The molecule has 2 heterocycles. The van der Waals surface area contributed by atoms with E-state index >= 15 is 0 Å². The molecule has 1 aromatic carbocycles. The second kappa shape index (κ2) is 5.64. The summed E-state index contributed by atoms with van der Waals surface area (Å²) in [5.74, 6) is 0.939. The first-order chi connectivity index (χ1) is 9.78. The Labute approximate surface area is 121 Å². The third-order valence-electron chi connectivity index (χ3n) is 3.21. The van der Waals surface area contributed by atoms with E-state index in [1.807, 2.05) is 28.2 Å². The van der Waals surface area contributed by atoms with Crippen LogP contribution < -0.4 is 10.5 Å². The lowest BCUT2D eigenvalue weighted by Crippen LogP contribution is -2.06. The third-order valence-corrected chi connectivity index (χ3v) is 3.99. The zero-order valence-corrected chi connectivity index (χ0v) is 12.2. The Morgan fingerprint density at radius 3 is 3.10 bits per heavy atom. The second-order valence-corrected chi connectivity index (χ2v) is 5.59. The van der Waals surface area contributed by atoms with Gasteiger partial charge >= 0.3 is 0 Å². The molecule has 104 valence electrons. The molecule has 0 bridgehead atoms. The van der Waals surface area contributed by atoms with Gasteiger partial charge in [0.1, 0.15) is 12.4 Å². The smallest absolute Gasteiger partial charge is 0.193 e. The number of benzene rings is 1. The Morgan fingerprint density at radius 2 is 2.30 bits per heavy atom. The van der Waals surface area contributed by atoms with Crippen molar-refractivity contribution in [3.63, 3.8) is 0 Å². The van der Waals surface area contributed by atoms with Crippen LogP contribution in [0, 0.1) is 6.92 Å². The molecule has 20 heavy (non-hydrogen) atoms. The first kappa shape index (κ1) is 13.1. The Kier molecular flexibility index (Phi) is 3.71. The van der Waals surface area contributed by atoms with Crippen molar-refractivity contribution in [1.29, 1.82) is 0 Å². The number of hydrogen-bond acceptors (Lipinski definition) is 4. The summed E-state index contributed by atoms with van der Waals surface area (Å²) in [5.41, 5.74) is 8.89. The molecule has 0 amide bonds. The number of rotatable bonds is 5. The molecule has 0 unspecified atom stereocenters. The van der Waals surface area contributed by atoms with Crippen LogP contribution in [0.1, 0.15) is 16.8 Å². The van der Waals surface area contributed by atoms with Crippen LogP contribution in [0.2, 0.25) is 0 Å². The molecule has 5 heteroatoms. The maximum atomic E-state index is 5.98. The average molecular weight is 287 g/mol. The van der Waals surface area contributed by atoms with Gasteiger partial charge in [-0.05, 0) is 31.0 Å². The van der Waals surface area contributed by atoms with E-state index in [1.54, 1.807) is 11.3 Å². The van der Waals surface area contributed by atoms with E-state index in [1.165, 1.54) is 0 Å². The minimum atomic E-state index is 0.483. The fourth-order valence-corrected chi connectivity index (χ4v) is 2.98. The number of nitrogens with two attached hydrogens (primary N) is 1. The van der Waals surface area contributed by atoms with Crippen molar-refractivity contribution in [3.8, 4) is 5.75 Å². The summed E-state index contributed by atoms with van der Waals surface area (Å²) in [7, 11) is 0. The Balaban J connectivity index is 1.79. The zero-order chi connectivity index (χ0) is 13.9. The molecule has 4 nitrogen and oxygen atoms in total. The fourth-order valence-electron chi connectivity index (χ4n) is 2.26. The molecular formula is C15H17N3OS. The molecular weight excluding hydrogens is 270 g/mol. The standard InChI is InChI=1S/C15H17N3OS/c1-11-3-2-4-12(5-6-16)14(11)19-10-13-9-18-7-8-20-15(18)17-13/h2-4,7-9H,5-6,10,16H2,1H3. The second-order valence-electron chi connectivity index (χ2n) is 4.72. The predicted molar refractivity (Wildman–Crippen MR) is 81.3 cm³/mol. The molecule has 0 radical (unpaired) electrons. The van der Waals surface area contributed by atoms with Gasteiger partial charge in [-0.25, -0.2) is 4.98 Å². The van der Waals surface area contributed by atoms with Crippen LogP contribution in [-0.4, -0.2) is 15.9 Å². The molecule has 0 spiro atoms. The highest BCUT2D eigenvalue weighted by Crippen LogP contribution is 2.25. The molecule has 0 fully saturated rings. The van der Waals surface area contributed by atoms with E-state index < -0.39 is 0 Å². The van der Waals surface area contributed by atoms with Gasteiger partial charge in [0, 0.05) is 17.8 Å². The van der Waals surface area contributed by atoms with Gasteiger partial charge in [-0.1, -0.05) is 18.2 Å². The van der Waals surface area contributed by atoms with Crippen LogP contribution in [0.25, 0.3) is 4.96 Å². The fraction of sp³-hybridized carbons (Fsp3) is 0.267. The summed E-state index contributed by atoms with van der Waals surface area (Å²) in [6.07, 6.45) is 4.84. The van der Waals surface area contributed by atoms with Gasteiger partial charge in [0.2, 0.25) is 0 Å². The molecule has 0 aliphatic heterocycles. The molecule has 0 saturated heterocycles. The van der Waals surface area contributed by atoms with Crippen LogP contribution in [-0.2, 0) is 13.0 Å². The zero-order valence-electron chi connectivity index (χ0n) is 11.4. The molecule has 2 aromatic heterocycles. The largest absolute Gasteiger partial charge is 0.487 e. The van der Waals surface area contributed by atoms with Crippen LogP contribution in [0.5, 0.6) is 5.75 Å². The molecule has 0 aliphatic carbocycles. The lowest BCUT2D eigenvalue weighted by atomic mass is 10.1. The van der Waals surface area contributed by atoms with Crippen molar-refractivity contribution in [1.82, 2.24) is 9.38 Å². The van der Waals surface area contributed by atoms with E-state index in [4.69, 9.17) is 10.5 Å². The Morgan fingerprint density at radius 1 is 1.40 bits per heavy atom. The van der Waals surface area contributed by atoms with Gasteiger partial charge in [0.05, 0.1) is 5.69 Å². The van der Waals surface area contributed by atoms with Gasteiger partial charge in [-0.15, -0.1) is 11.3 Å². The van der Waals surface area contributed by atoms with Gasteiger partial charge in [0.15, 0.2) is 4.96 Å². The van der Waals surface area contributed by atoms with E-state index in [-0.39, 0.29) is 0 Å². The average Bonchev–Trinajstić information content (AvgIpc) is 2.99. The number of aryl methyl sites for hydroxylation is 1. The van der Waals surface area contributed by atoms with E-state index in [0.717, 1.165) is 34.0 Å². The maximum Gasteiger partial charge on any atom is 0.193 e. The maximum absolute atomic E-state index is 5.98. The van der Waals surface area contributed by atoms with Crippen molar-refractivity contribution in [2.45, 2.75) is 20.0 Å². The lowest BCUT2D eigenvalue weighted by molar-refractivity contribution is 0.297. The summed E-state index contributed by atoms with van der Waals surface area (Å²) in [5, 5.41) is 2.02. The van der Waals surface area contributed by atoms with Crippen molar-refractivity contribution in [2.24, 2.45) is 5.73 Å². The lowest BCUT2D eigenvalue weighted by Gasteiger charge is -2.12. The summed E-state index contributed by atoms with van der Waals surface area (Å²) in [6.45, 7) is 3.16. The topological polar surface area (TPSA) is 52.5 Å². The van der Waals surface area contributed by atoms with E-state index in [2.05, 4.69) is 24.0 Å². The molecule has 2 N–H and O–H groups in total. The summed E-state index contributed by atoms with van der Waals surface area (Å²) >= 11 is 1.62. The number of hydrogen-bond donors (Lipinski definition) is 1. The molecule has 0 saturated carbocycles. The SMILES string of the molecule is Cc1cccc(CCN)c1OCc1cn2ccsc2n1. The van der Waals surface area contributed by atoms with Crippen molar-refractivity contribution < 1.29 is 4.74 Å². The summed E-state index contributed by atoms with van der Waals surface area (Å²) in [6, 6.07) is 6.17.